The fraction of sp³-hybridized carbons (Fsp3) is 0.250. The molecular formula is C16H17NO3. The second kappa shape index (κ2) is 6.70. The molecule has 2 rings (SSSR count). The minimum atomic E-state index is -0.0273. The summed E-state index contributed by atoms with van der Waals surface area (Å²) in [6.07, 6.45) is 2.44. The molecule has 0 saturated heterocycles. The van der Waals surface area contributed by atoms with E-state index in [0.29, 0.717) is 30.1 Å². The van der Waals surface area contributed by atoms with E-state index >= 15 is 0 Å². The van der Waals surface area contributed by atoms with E-state index in [2.05, 4.69) is 4.98 Å². The third-order valence-corrected chi connectivity index (χ3v) is 2.91. The highest BCUT2D eigenvalue weighted by atomic mass is 16.5. The number of carbonyl (C=O) groups is 1. The van der Waals surface area contributed by atoms with E-state index in [1.807, 2.05) is 18.2 Å². The summed E-state index contributed by atoms with van der Waals surface area (Å²) in [4.78, 5) is 15.8. The molecule has 0 aliphatic heterocycles. The van der Waals surface area contributed by atoms with E-state index in [1.54, 1.807) is 31.5 Å². The monoisotopic (exact) mass is 271 g/mol. The molecule has 0 amide bonds. The molecule has 0 N–H and O–H groups in total. The fourth-order valence-corrected chi connectivity index (χ4v) is 1.85. The number of carbonyl (C=O) groups excluding carboxylic acids is 1. The molecule has 1 heterocycles. The van der Waals surface area contributed by atoms with Crippen LogP contribution >= 0.6 is 0 Å². The van der Waals surface area contributed by atoms with Gasteiger partial charge in [0.1, 0.15) is 11.5 Å². The van der Waals surface area contributed by atoms with E-state index < -0.39 is 0 Å². The second-order valence-electron chi connectivity index (χ2n) is 4.34. The molecule has 0 saturated carbocycles. The van der Waals surface area contributed by atoms with Crippen molar-refractivity contribution in [2.75, 3.05) is 13.7 Å². The molecule has 1 aromatic heterocycles. The number of benzene rings is 1. The van der Waals surface area contributed by atoms with Gasteiger partial charge in [-0.15, -0.1) is 0 Å². The third-order valence-electron chi connectivity index (χ3n) is 2.91. The molecule has 0 aliphatic carbocycles. The van der Waals surface area contributed by atoms with Crippen molar-refractivity contribution in [1.82, 2.24) is 4.98 Å². The number of methoxy groups -OCH3 is 1. The van der Waals surface area contributed by atoms with Gasteiger partial charge in [-0.3, -0.25) is 9.78 Å². The average molecular weight is 271 g/mol. The van der Waals surface area contributed by atoms with Gasteiger partial charge in [-0.1, -0.05) is 6.07 Å². The topological polar surface area (TPSA) is 48.4 Å². The van der Waals surface area contributed by atoms with Crippen LogP contribution in [0.25, 0.3) is 0 Å². The van der Waals surface area contributed by atoms with Gasteiger partial charge in [-0.05, 0) is 31.2 Å². The van der Waals surface area contributed by atoms with Gasteiger partial charge >= 0.3 is 0 Å². The lowest BCUT2D eigenvalue weighted by molar-refractivity contribution is 0.101. The predicted octanol–water partition coefficient (Wildman–Crippen LogP) is 2.91. The summed E-state index contributed by atoms with van der Waals surface area (Å²) in [5, 5.41) is 0. The van der Waals surface area contributed by atoms with Crippen molar-refractivity contribution in [3.63, 3.8) is 0 Å². The minimum Gasteiger partial charge on any atom is -0.497 e. The van der Waals surface area contributed by atoms with Gasteiger partial charge in [0.05, 0.1) is 19.3 Å². The lowest BCUT2D eigenvalue weighted by atomic mass is 10.1. The molecule has 104 valence electrons. The Balaban J connectivity index is 2.06. The number of ketones is 1. The molecule has 4 nitrogen and oxygen atoms in total. The van der Waals surface area contributed by atoms with Crippen molar-refractivity contribution >= 4 is 5.78 Å². The summed E-state index contributed by atoms with van der Waals surface area (Å²) >= 11 is 0. The molecule has 0 fully saturated rings. The zero-order valence-electron chi connectivity index (χ0n) is 11.6. The van der Waals surface area contributed by atoms with Crippen LogP contribution in [0, 0.1) is 0 Å². The molecule has 0 spiro atoms. The maximum atomic E-state index is 11.6. The highest BCUT2D eigenvalue weighted by molar-refractivity contribution is 5.97. The van der Waals surface area contributed by atoms with Crippen molar-refractivity contribution in [1.29, 1.82) is 0 Å². The van der Waals surface area contributed by atoms with Crippen LogP contribution in [0.1, 0.15) is 23.0 Å². The maximum Gasteiger partial charge on any atom is 0.163 e. The lowest BCUT2D eigenvalue weighted by Crippen LogP contribution is -2.06. The van der Waals surface area contributed by atoms with Crippen molar-refractivity contribution in [3.8, 4) is 11.5 Å². The van der Waals surface area contributed by atoms with E-state index in [-0.39, 0.29) is 5.78 Å². The van der Waals surface area contributed by atoms with Crippen molar-refractivity contribution in [2.45, 2.75) is 13.3 Å². The number of pyridine rings is 1. The summed E-state index contributed by atoms with van der Waals surface area (Å²) in [7, 11) is 1.58. The Bertz CT molecular complexity index is 582. The van der Waals surface area contributed by atoms with E-state index in [4.69, 9.17) is 9.47 Å². The number of hydrogen-bond donors (Lipinski definition) is 0. The number of rotatable bonds is 6. The highest BCUT2D eigenvalue weighted by Crippen LogP contribution is 2.25. The lowest BCUT2D eigenvalue weighted by Gasteiger charge is -2.11. The van der Waals surface area contributed by atoms with Crippen molar-refractivity contribution in [3.05, 3.63) is 53.9 Å². The van der Waals surface area contributed by atoms with Crippen LogP contribution in [0.4, 0.5) is 0 Å². The van der Waals surface area contributed by atoms with Crippen LogP contribution in [0.5, 0.6) is 11.5 Å². The molecule has 0 unspecified atom stereocenters. The van der Waals surface area contributed by atoms with E-state index in [0.717, 1.165) is 5.69 Å². The van der Waals surface area contributed by atoms with Gasteiger partial charge < -0.3 is 9.47 Å². The van der Waals surface area contributed by atoms with Crippen LogP contribution in [0.15, 0.2) is 42.6 Å². The van der Waals surface area contributed by atoms with Gasteiger partial charge in [0, 0.05) is 24.4 Å². The fourth-order valence-electron chi connectivity index (χ4n) is 1.85. The summed E-state index contributed by atoms with van der Waals surface area (Å²) in [6.45, 7) is 1.98. The van der Waals surface area contributed by atoms with Crippen molar-refractivity contribution < 1.29 is 14.3 Å². The summed E-state index contributed by atoms with van der Waals surface area (Å²) < 4.78 is 10.9. The molecule has 2 aromatic rings. The highest BCUT2D eigenvalue weighted by Gasteiger charge is 2.10. The molecule has 20 heavy (non-hydrogen) atoms. The molecule has 0 radical (unpaired) electrons. The Morgan fingerprint density at radius 3 is 2.75 bits per heavy atom. The normalized spacial score (nSPS) is 10.1. The Labute approximate surface area is 118 Å². The molecular weight excluding hydrogens is 254 g/mol. The molecule has 4 heteroatoms. The van der Waals surface area contributed by atoms with Gasteiger partial charge in [-0.25, -0.2) is 0 Å². The number of Topliss-reactive ketones (excluding diaryl/α,β-unsaturated/α-hetero) is 1. The number of ether oxygens (including phenoxy) is 2. The van der Waals surface area contributed by atoms with Crippen LogP contribution in [0.2, 0.25) is 0 Å². The first-order valence-corrected chi connectivity index (χ1v) is 6.42. The van der Waals surface area contributed by atoms with Gasteiger partial charge in [0.2, 0.25) is 0 Å². The van der Waals surface area contributed by atoms with E-state index in [1.165, 1.54) is 6.92 Å². The quantitative estimate of drug-likeness (QED) is 0.758. The Morgan fingerprint density at radius 2 is 2.10 bits per heavy atom. The van der Waals surface area contributed by atoms with Crippen LogP contribution < -0.4 is 9.47 Å². The van der Waals surface area contributed by atoms with Gasteiger partial charge in [-0.2, -0.15) is 0 Å². The third kappa shape index (κ3) is 3.57. The number of aromatic nitrogens is 1. The minimum absolute atomic E-state index is 0.0273. The first-order valence-electron chi connectivity index (χ1n) is 6.42. The average Bonchev–Trinajstić information content (AvgIpc) is 2.48. The zero-order valence-corrected chi connectivity index (χ0v) is 11.6. The summed E-state index contributed by atoms with van der Waals surface area (Å²) in [5.41, 5.74) is 1.52. The predicted molar refractivity (Wildman–Crippen MR) is 76.4 cm³/mol. The molecule has 0 bridgehead atoms. The number of hydrogen-bond acceptors (Lipinski definition) is 4. The van der Waals surface area contributed by atoms with E-state index in [9.17, 15) is 4.79 Å². The number of nitrogens with zero attached hydrogens (tertiary/aromatic N) is 1. The SMILES string of the molecule is COc1ccc(C(C)=O)c(OCCc2ccccn2)c1. The smallest absolute Gasteiger partial charge is 0.163 e. The maximum absolute atomic E-state index is 11.6. The van der Waals surface area contributed by atoms with Gasteiger partial charge in [0.15, 0.2) is 5.78 Å². The van der Waals surface area contributed by atoms with Crippen LogP contribution in [-0.4, -0.2) is 24.5 Å². The van der Waals surface area contributed by atoms with Crippen LogP contribution in [0.3, 0.4) is 0 Å². The molecule has 0 aliphatic rings. The second-order valence-corrected chi connectivity index (χ2v) is 4.34. The van der Waals surface area contributed by atoms with Crippen molar-refractivity contribution in [2.24, 2.45) is 0 Å². The first-order chi connectivity index (χ1) is 9.70. The molecule has 1 aromatic carbocycles. The van der Waals surface area contributed by atoms with Gasteiger partial charge in [0.25, 0.3) is 0 Å². The first kappa shape index (κ1) is 14.1. The molecule has 0 atom stereocenters. The Hall–Kier alpha value is -2.36. The Kier molecular flexibility index (Phi) is 4.71. The largest absolute Gasteiger partial charge is 0.497 e. The Morgan fingerprint density at radius 1 is 1.25 bits per heavy atom. The summed E-state index contributed by atoms with van der Waals surface area (Å²) in [6, 6.07) is 11.0. The van der Waals surface area contributed by atoms with Crippen LogP contribution in [-0.2, 0) is 6.42 Å². The summed E-state index contributed by atoms with van der Waals surface area (Å²) in [5.74, 6) is 1.19. The standard InChI is InChI=1S/C16H17NO3/c1-12(18)15-7-6-14(19-2)11-16(15)20-10-8-13-5-3-4-9-17-13/h3-7,9,11H,8,10H2,1-2H3. The zero-order chi connectivity index (χ0) is 14.4.